The maximum atomic E-state index is 13.5. The van der Waals surface area contributed by atoms with Crippen molar-refractivity contribution in [2.75, 3.05) is 25.2 Å². The number of hydrogen-bond acceptors (Lipinski definition) is 5. The average Bonchev–Trinajstić information content (AvgIpc) is 3.19. The van der Waals surface area contributed by atoms with E-state index < -0.39 is 19.0 Å². The van der Waals surface area contributed by atoms with E-state index in [1.807, 2.05) is 24.3 Å². The van der Waals surface area contributed by atoms with Gasteiger partial charge in [-0.3, -0.25) is 0 Å². The minimum absolute atomic E-state index is 0.196. The zero-order valence-corrected chi connectivity index (χ0v) is 18.1. The fraction of sp³-hybridized carbons (Fsp3) is 0.619. The van der Waals surface area contributed by atoms with Gasteiger partial charge in [0.15, 0.2) is 5.82 Å². The van der Waals surface area contributed by atoms with Crippen molar-refractivity contribution in [2.24, 2.45) is 5.41 Å². The monoisotopic (exact) mass is 423 g/mol. The molecule has 3 fully saturated rings. The first kappa shape index (κ1) is 20.5. The molecular weight excluding hydrogens is 395 g/mol. The summed E-state index contributed by atoms with van der Waals surface area (Å²) < 4.78 is 44.1. The van der Waals surface area contributed by atoms with Crippen molar-refractivity contribution in [3.05, 3.63) is 36.0 Å². The number of anilines is 1. The molecule has 158 valence electrons. The summed E-state index contributed by atoms with van der Waals surface area (Å²) >= 11 is 0. The van der Waals surface area contributed by atoms with Crippen molar-refractivity contribution in [1.29, 1.82) is 0 Å². The molecule has 1 aromatic heterocycles. The SMILES string of the molecule is CC(F)(F)c1nc(C23CCC(CNc4cccc(P(C)(C)=O)c4)(CC2)CC3)no1. The number of hydrogen-bond donors (Lipinski definition) is 1. The third kappa shape index (κ3) is 3.98. The molecule has 3 aliphatic rings. The van der Waals surface area contributed by atoms with E-state index in [0.717, 1.165) is 63.0 Å². The van der Waals surface area contributed by atoms with Crippen LogP contribution in [-0.2, 0) is 15.9 Å². The fourth-order valence-corrected chi connectivity index (χ4v) is 5.62. The van der Waals surface area contributed by atoms with Crippen LogP contribution in [0.15, 0.2) is 28.8 Å². The third-order valence-electron chi connectivity index (χ3n) is 6.81. The summed E-state index contributed by atoms with van der Waals surface area (Å²) in [5, 5.41) is 8.35. The van der Waals surface area contributed by atoms with Gasteiger partial charge < -0.3 is 14.4 Å². The van der Waals surface area contributed by atoms with Gasteiger partial charge in [-0.2, -0.15) is 13.8 Å². The molecule has 0 radical (unpaired) electrons. The Bertz CT molecular complexity index is 923. The van der Waals surface area contributed by atoms with Crippen molar-refractivity contribution in [2.45, 2.75) is 56.8 Å². The van der Waals surface area contributed by atoms with Gasteiger partial charge in [0.25, 0.3) is 5.89 Å². The third-order valence-corrected chi connectivity index (χ3v) is 8.33. The standard InChI is InChI=1S/C21H28F2N3O2P/c1-19(22,23)18-25-17(26-28-18)21-10-7-20(8-11-21,9-12-21)14-24-15-5-4-6-16(13-15)29(2,3)27/h4-6,13,24H,7-12,14H2,1-3H3. The van der Waals surface area contributed by atoms with Gasteiger partial charge in [-0.15, -0.1) is 0 Å². The molecule has 5 nitrogen and oxygen atoms in total. The highest BCUT2D eigenvalue weighted by atomic mass is 31.2. The molecule has 0 amide bonds. The van der Waals surface area contributed by atoms with Gasteiger partial charge in [-0.05, 0) is 69.4 Å². The highest BCUT2D eigenvalue weighted by Gasteiger charge is 2.52. The molecule has 1 aromatic carbocycles. The average molecular weight is 423 g/mol. The molecule has 1 N–H and O–H groups in total. The smallest absolute Gasteiger partial charge is 0.322 e. The van der Waals surface area contributed by atoms with Crippen LogP contribution in [-0.4, -0.2) is 30.0 Å². The normalized spacial score (nSPS) is 27.2. The lowest BCUT2D eigenvalue weighted by Crippen LogP contribution is -2.47. The maximum Gasteiger partial charge on any atom is 0.322 e. The van der Waals surface area contributed by atoms with Gasteiger partial charge in [-0.1, -0.05) is 17.3 Å². The van der Waals surface area contributed by atoms with Gasteiger partial charge in [0.2, 0.25) is 0 Å². The molecule has 2 aromatic rings. The molecule has 29 heavy (non-hydrogen) atoms. The Morgan fingerprint density at radius 3 is 2.38 bits per heavy atom. The minimum atomic E-state index is -3.10. The van der Waals surface area contributed by atoms with E-state index in [1.165, 1.54) is 0 Å². The summed E-state index contributed by atoms with van der Waals surface area (Å²) in [6, 6.07) is 7.86. The Hall–Kier alpha value is -1.75. The Morgan fingerprint density at radius 1 is 1.17 bits per heavy atom. The summed E-state index contributed by atoms with van der Waals surface area (Å²) in [5.74, 6) is -3.24. The lowest BCUT2D eigenvalue weighted by Gasteiger charge is -2.52. The molecular formula is C21H28F2N3O2P. The first-order valence-corrected chi connectivity index (χ1v) is 12.7. The molecule has 3 aliphatic carbocycles. The largest absolute Gasteiger partial charge is 0.384 e. The number of halogens is 2. The Kier molecular flexibility index (Phi) is 4.88. The zero-order chi connectivity index (χ0) is 20.9. The molecule has 2 bridgehead atoms. The summed E-state index contributed by atoms with van der Waals surface area (Å²) in [6.07, 6.45) is 5.69. The summed E-state index contributed by atoms with van der Waals surface area (Å²) in [4.78, 5) is 4.05. The van der Waals surface area contributed by atoms with E-state index in [2.05, 4.69) is 15.5 Å². The van der Waals surface area contributed by atoms with Crippen LogP contribution >= 0.6 is 7.14 Å². The molecule has 0 unspecified atom stereocenters. The Labute approximate surface area is 170 Å². The molecule has 5 rings (SSSR count). The fourth-order valence-electron chi connectivity index (χ4n) is 4.72. The predicted octanol–water partition coefficient (Wildman–Crippen LogP) is 5.13. The number of fused-ring (bicyclic) bond motifs is 3. The van der Waals surface area contributed by atoms with Crippen molar-refractivity contribution in [1.82, 2.24) is 10.1 Å². The van der Waals surface area contributed by atoms with Crippen LogP contribution in [0.5, 0.6) is 0 Å². The molecule has 0 saturated heterocycles. The predicted molar refractivity (Wildman–Crippen MR) is 110 cm³/mol. The Morgan fingerprint density at radius 2 is 1.83 bits per heavy atom. The summed E-state index contributed by atoms with van der Waals surface area (Å²) in [6.45, 7) is 5.20. The van der Waals surface area contributed by atoms with Gasteiger partial charge in [0, 0.05) is 29.9 Å². The summed E-state index contributed by atoms with van der Waals surface area (Å²) in [7, 11) is -2.29. The van der Waals surface area contributed by atoms with E-state index >= 15 is 0 Å². The van der Waals surface area contributed by atoms with Crippen LogP contribution in [0, 0.1) is 5.41 Å². The van der Waals surface area contributed by atoms with Crippen LogP contribution in [0.3, 0.4) is 0 Å². The van der Waals surface area contributed by atoms with Crippen LogP contribution in [0.25, 0.3) is 0 Å². The first-order valence-electron chi connectivity index (χ1n) is 10.1. The van der Waals surface area contributed by atoms with E-state index in [1.54, 1.807) is 13.3 Å². The second-order valence-electron chi connectivity index (χ2n) is 9.35. The van der Waals surface area contributed by atoms with E-state index in [0.29, 0.717) is 5.82 Å². The molecule has 0 atom stereocenters. The van der Waals surface area contributed by atoms with E-state index in [-0.39, 0.29) is 10.8 Å². The molecule has 3 saturated carbocycles. The molecule has 0 spiro atoms. The lowest BCUT2D eigenvalue weighted by atomic mass is 9.53. The number of alkyl halides is 2. The quantitative estimate of drug-likeness (QED) is 0.652. The number of aromatic nitrogens is 2. The summed E-state index contributed by atoms with van der Waals surface area (Å²) in [5.41, 5.74) is 0.962. The van der Waals surface area contributed by atoms with Crippen molar-refractivity contribution >= 4 is 18.1 Å². The van der Waals surface area contributed by atoms with Gasteiger partial charge in [-0.25, -0.2) is 0 Å². The highest BCUT2D eigenvalue weighted by Crippen LogP contribution is 2.57. The van der Waals surface area contributed by atoms with Crippen LogP contribution in [0.2, 0.25) is 0 Å². The second-order valence-corrected chi connectivity index (χ2v) is 12.6. The minimum Gasteiger partial charge on any atom is -0.384 e. The van der Waals surface area contributed by atoms with Gasteiger partial charge in [0.1, 0.15) is 7.14 Å². The Balaban J connectivity index is 1.43. The van der Waals surface area contributed by atoms with Crippen molar-refractivity contribution in [3.63, 3.8) is 0 Å². The molecule has 0 aliphatic heterocycles. The number of benzene rings is 1. The zero-order valence-electron chi connectivity index (χ0n) is 17.2. The van der Waals surface area contributed by atoms with Crippen molar-refractivity contribution < 1.29 is 17.9 Å². The van der Waals surface area contributed by atoms with Gasteiger partial charge in [0.05, 0.1) is 0 Å². The molecule has 8 heteroatoms. The lowest BCUT2D eigenvalue weighted by molar-refractivity contribution is -0.0158. The van der Waals surface area contributed by atoms with Gasteiger partial charge >= 0.3 is 5.92 Å². The maximum absolute atomic E-state index is 13.5. The van der Waals surface area contributed by atoms with E-state index in [4.69, 9.17) is 4.52 Å². The number of rotatable bonds is 6. The van der Waals surface area contributed by atoms with Crippen LogP contribution in [0.1, 0.15) is 57.2 Å². The van der Waals surface area contributed by atoms with Crippen LogP contribution < -0.4 is 10.6 Å². The van der Waals surface area contributed by atoms with E-state index in [9.17, 15) is 13.3 Å². The number of nitrogens with zero attached hydrogens (tertiary/aromatic N) is 2. The van der Waals surface area contributed by atoms with Crippen LogP contribution in [0.4, 0.5) is 14.5 Å². The second kappa shape index (κ2) is 6.90. The number of nitrogens with one attached hydrogen (secondary N) is 1. The highest BCUT2D eigenvalue weighted by molar-refractivity contribution is 7.70. The topological polar surface area (TPSA) is 68.0 Å². The van der Waals surface area contributed by atoms with Crippen molar-refractivity contribution in [3.8, 4) is 0 Å². The first-order chi connectivity index (χ1) is 13.5. The molecule has 1 heterocycles.